The van der Waals surface area contributed by atoms with E-state index in [1.807, 2.05) is 6.07 Å². The number of allylic oxidation sites excluding steroid dienone is 1. The van der Waals surface area contributed by atoms with E-state index in [1.54, 1.807) is 67.6 Å². The van der Waals surface area contributed by atoms with Crippen molar-refractivity contribution >= 4 is 49.0 Å². The van der Waals surface area contributed by atoms with E-state index in [1.165, 1.54) is 6.92 Å². The molecule has 0 bridgehead atoms. The maximum atomic E-state index is 12.5. The number of benzene rings is 3. The zero-order valence-electron chi connectivity index (χ0n) is 19.6. The standard InChI is InChI=1S/C24H20N4O5S2.Na/c1-14-8-13-19-21(22(14)35(31,32)33)34-24(26-19)16-9-11-18(12-10-16)27-28-20(15(2)29)23(30)25-17-6-4-3-5-7-17;/h3-13,29H,1-2H3,(H,25,30)(H,31,32,33);/q;+1/p-1/b20-15-,28-27+;. The molecule has 4 aromatic rings. The number of hydrogen-bond donors (Lipinski definition) is 2. The van der Waals surface area contributed by atoms with Crippen LogP contribution in [0.15, 0.2) is 93.3 Å². The number of carbonyl (C=O) groups is 1. The first-order valence-corrected chi connectivity index (χ1v) is 12.5. The molecule has 0 aliphatic rings. The number of anilines is 1. The number of para-hydroxylation sites is 1. The number of aryl methyl sites for hydroxylation is 1. The number of aliphatic hydroxyl groups is 1. The van der Waals surface area contributed by atoms with Gasteiger partial charge in [0.15, 0.2) is 5.70 Å². The summed E-state index contributed by atoms with van der Waals surface area (Å²) in [6, 6.07) is 18.7. The van der Waals surface area contributed by atoms with Crippen LogP contribution in [0.25, 0.3) is 20.8 Å². The van der Waals surface area contributed by atoms with Gasteiger partial charge in [-0.3, -0.25) is 4.79 Å². The van der Waals surface area contributed by atoms with Gasteiger partial charge in [0, 0.05) is 11.3 Å². The topological polar surface area (TPSA) is 144 Å². The third-order valence-electron chi connectivity index (χ3n) is 4.93. The third-order valence-corrected chi connectivity index (χ3v) is 7.22. The van der Waals surface area contributed by atoms with E-state index in [0.29, 0.717) is 37.7 Å². The van der Waals surface area contributed by atoms with Crippen molar-refractivity contribution in [3.63, 3.8) is 0 Å². The van der Waals surface area contributed by atoms with Crippen LogP contribution in [0.4, 0.5) is 11.4 Å². The van der Waals surface area contributed by atoms with Gasteiger partial charge in [0.1, 0.15) is 20.9 Å². The summed E-state index contributed by atoms with van der Waals surface area (Å²) in [5, 5.41) is 21.0. The van der Waals surface area contributed by atoms with Crippen molar-refractivity contribution in [2.45, 2.75) is 18.7 Å². The molecule has 0 radical (unpaired) electrons. The Hall–Kier alpha value is -2.93. The fraction of sp³-hybridized carbons (Fsp3) is 0.0833. The van der Waals surface area contributed by atoms with Crippen LogP contribution in [0.5, 0.6) is 0 Å². The molecule has 0 spiro atoms. The van der Waals surface area contributed by atoms with Crippen molar-refractivity contribution in [2.75, 3.05) is 5.32 Å². The van der Waals surface area contributed by atoms with Gasteiger partial charge in [0.2, 0.25) is 0 Å². The van der Waals surface area contributed by atoms with E-state index in [4.69, 9.17) is 0 Å². The number of nitrogens with zero attached hydrogens (tertiary/aromatic N) is 3. The van der Waals surface area contributed by atoms with E-state index in [-0.39, 0.29) is 45.9 Å². The monoisotopic (exact) mass is 530 g/mol. The minimum Gasteiger partial charge on any atom is -0.744 e. The summed E-state index contributed by atoms with van der Waals surface area (Å²) in [6.07, 6.45) is 0. The molecule has 1 amide bonds. The zero-order valence-corrected chi connectivity index (χ0v) is 23.2. The molecule has 1 heterocycles. The second kappa shape index (κ2) is 11.4. The predicted octanol–water partition coefficient (Wildman–Crippen LogP) is 2.69. The molecule has 178 valence electrons. The summed E-state index contributed by atoms with van der Waals surface area (Å²) >= 11 is 1.11. The predicted molar refractivity (Wildman–Crippen MR) is 133 cm³/mol. The van der Waals surface area contributed by atoms with Gasteiger partial charge in [-0.15, -0.1) is 16.5 Å². The van der Waals surface area contributed by atoms with Crippen LogP contribution in [0.2, 0.25) is 0 Å². The number of carbonyl (C=O) groups excluding carboxylic acids is 1. The molecule has 3 aromatic carbocycles. The summed E-state index contributed by atoms with van der Waals surface area (Å²) in [7, 11) is -4.65. The van der Waals surface area contributed by atoms with Crippen LogP contribution >= 0.6 is 11.3 Å². The van der Waals surface area contributed by atoms with E-state index < -0.39 is 16.0 Å². The van der Waals surface area contributed by atoms with Crippen LogP contribution in [0, 0.1) is 6.92 Å². The molecule has 0 saturated carbocycles. The second-order valence-corrected chi connectivity index (χ2v) is 9.85. The average molecular weight is 531 g/mol. The van der Waals surface area contributed by atoms with Crippen molar-refractivity contribution < 1.29 is 52.4 Å². The largest absolute Gasteiger partial charge is 1.00 e. The number of thiazole rings is 1. The second-order valence-electron chi connectivity index (χ2n) is 7.53. The maximum Gasteiger partial charge on any atom is 1.00 e. The molecule has 36 heavy (non-hydrogen) atoms. The van der Waals surface area contributed by atoms with Gasteiger partial charge >= 0.3 is 29.6 Å². The Morgan fingerprint density at radius 3 is 2.33 bits per heavy atom. The molecule has 1 aromatic heterocycles. The van der Waals surface area contributed by atoms with Crippen molar-refractivity contribution in [2.24, 2.45) is 10.2 Å². The van der Waals surface area contributed by atoms with E-state index >= 15 is 0 Å². The van der Waals surface area contributed by atoms with Crippen molar-refractivity contribution in [3.05, 3.63) is 83.7 Å². The summed E-state index contributed by atoms with van der Waals surface area (Å²) in [5.41, 5.74) is 2.22. The summed E-state index contributed by atoms with van der Waals surface area (Å²) in [4.78, 5) is 16.7. The van der Waals surface area contributed by atoms with E-state index in [9.17, 15) is 22.9 Å². The minimum absolute atomic E-state index is 0. The molecular formula is C24H19N4NaO5S2. The number of aromatic nitrogens is 1. The summed E-state index contributed by atoms with van der Waals surface area (Å²) in [6.45, 7) is 2.91. The molecule has 9 nitrogen and oxygen atoms in total. The number of fused-ring (bicyclic) bond motifs is 1. The summed E-state index contributed by atoms with van der Waals surface area (Å²) < 4.78 is 35.5. The van der Waals surface area contributed by atoms with E-state index in [2.05, 4.69) is 20.5 Å². The number of rotatable bonds is 6. The number of aliphatic hydroxyl groups excluding tert-OH is 1. The SMILES string of the molecule is C/C(O)=C(/N=N/c1ccc(-c2nc3ccc(C)c(S(=O)(=O)[O-])c3s2)cc1)C(=O)Nc1ccccc1.[Na+]. The Morgan fingerprint density at radius 2 is 1.72 bits per heavy atom. The molecule has 0 atom stereocenters. The summed E-state index contributed by atoms with van der Waals surface area (Å²) in [5.74, 6) is -0.891. The van der Waals surface area contributed by atoms with Crippen molar-refractivity contribution in [3.8, 4) is 10.6 Å². The van der Waals surface area contributed by atoms with Crippen LogP contribution < -0.4 is 34.9 Å². The van der Waals surface area contributed by atoms with Gasteiger partial charge in [-0.1, -0.05) is 24.3 Å². The molecule has 4 rings (SSSR count). The molecule has 0 aliphatic heterocycles. The maximum absolute atomic E-state index is 12.5. The quantitative estimate of drug-likeness (QED) is 0.129. The fourth-order valence-electron chi connectivity index (χ4n) is 3.27. The average Bonchev–Trinajstić information content (AvgIpc) is 3.23. The third kappa shape index (κ3) is 6.25. The normalized spacial score (nSPS) is 12.3. The van der Waals surface area contributed by atoms with Gasteiger partial charge in [0.25, 0.3) is 5.91 Å². The Labute approximate surface area is 233 Å². The van der Waals surface area contributed by atoms with Gasteiger partial charge in [-0.2, -0.15) is 5.11 Å². The smallest absolute Gasteiger partial charge is 0.744 e. The first kappa shape index (κ1) is 27.7. The van der Waals surface area contributed by atoms with Gasteiger partial charge in [0.05, 0.1) is 20.8 Å². The first-order valence-electron chi connectivity index (χ1n) is 10.3. The fourth-order valence-corrected chi connectivity index (χ4v) is 5.56. The molecule has 0 unspecified atom stereocenters. The molecule has 0 saturated heterocycles. The van der Waals surface area contributed by atoms with Crippen molar-refractivity contribution in [1.29, 1.82) is 0 Å². The number of amides is 1. The Balaban J connectivity index is 0.00000361. The number of hydrogen-bond acceptors (Lipinski definition) is 9. The van der Waals surface area contributed by atoms with Gasteiger partial charge in [-0.05, 0) is 61.9 Å². The van der Waals surface area contributed by atoms with Crippen LogP contribution in [-0.2, 0) is 14.9 Å². The molecule has 12 heteroatoms. The number of nitrogens with one attached hydrogen (secondary N) is 1. The first-order chi connectivity index (χ1) is 16.6. The molecular weight excluding hydrogens is 511 g/mol. The van der Waals surface area contributed by atoms with Crippen LogP contribution in [-0.4, -0.2) is 29.0 Å². The van der Waals surface area contributed by atoms with Gasteiger partial charge in [-0.25, -0.2) is 13.4 Å². The molecule has 0 fully saturated rings. The van der Waals surface area contributed by atoms with Crippen LogP contribution in [0.3, 0.4) is 0 Å². The Bertz CT molecular complexity index is 1580. The van der Waals surface area contributed by atoms with Crippen LogP contribution in [0.1, 0.15) is 12.5 Å². The van der Waals surface area contributed by atoms with E-state index in [0.717, 1.165) is 11.3 Å². The Kier molecular flexibility index (Phi) is 8.77. The van der Waals surface area contributed by atoms with Crippen molar-refractivity contribution in [1.82, 2.24) is 4.98 Å². The van der Waals surface area contributed by atoms with Gasteiger partial charge < -0.3 is 15.0 Å². The molecule has 0 aliphatic carbocycles. The molecule has 2 N–H and O–H groups in total. The zero-order chi connectivity index (χ0) is 25.2. The number of azo groups is 1. The Morgan fingerprint density at radius 1 is 1.06 bits per heavy atom. The minimum atomic E-state index is -4.65.